The Morgan fingerprint density at radius 2 is 1.91 bits per heavy atom. The molecule has 2 aliphatic rings. The SMILES string of the molecule is O=C1C2CCCC2=Nc2ccccc2N1Cc1ccccc1Cl. The van der Waals surface area contributed by atoms with Gasteiger partial charge in [0.15, 0.2) is 0 Å². The van der Waals surface area contributed by atoms with Gasteiger partial charge in [0.1, 0.15) is 0 Å². The third-order valence-electron chi connectivity index (χ3n) is 4.61. The van der Waals surface area contributed by atoms with Gasteiger partial charge in [-0.2, -0.15) is 0 Å². The van der Waals surface area contributed by atoms with Gasteiger partial charge in [-0.3, -0.25) is 9.79 Å². The Hall–Kier alpha value is -2.13. The highest BCUT2D eigenvalue weighted by Crippen LogP contribution is 2.38. The topological polar surface area (TPSA) is 32.7 Å². The van der Waals surface area contributed by atoms with Crippen LogP contribution in [0.25, 0.3) is 0 Å². The van der Waals surface area contributed by atoms with Gasteiger partial charge in [0, 0.05) is 10.7 Å². The molecule has 23 heavy (non-hydrogen) atoms. The van der Waals surface area contributed by atoms with E-state index in [0.717, 1.165) is 41.9 Å². The summed E-state index contributed by atoms with van der Waals surface area (Å²) in [5.41, 5.74) is 3.74. The summed E-state index contributed by atoms with van der Waals surface area (Å²) in [6.07, 6.45) is 2.85. The third kappa shape index (κ3) is 2.55. The second-order valence-electron chi connectivity index (χ2n) is 6.05. The van der Waals surface area contributed by atoms with Gasteiger partial charge in [-0.1, -0.05) is 41.9 Å². The maximum absolute atomic E-state index is 13.1. The highest BCUT2D eigenvalue weighted by atomic mass is 35.5. The van der Waals surface area contributed by atoms with Crippen molar-refractivity contribution in [3.05, 3.63) is 59.1 Å². The molecule has 4 heteroatoms. The first kappa shape index (κ1) is 14.5. The van der Waals surface area contributed by atoms with Crippen LogP contribution in [0.15, 0.2) is 53.5 Å². The number of para-hydroxylation sites is 2. The number of halogens is 1. The van der Waals surface area contributed by atoms with Crippen molar-refractivity contribution in [3.8, 4) is 0 Å². The van der Waals surface area contributed by atoms with Crippen molar-refractivity contribution in [2.45, 2.75) is 25.8 Å². The van der Waals surface area contributed by atoms with Crippen molar-refractivity contribution in [2.24, 2.45) is 10.9 Å². The van der Waals surface area contributed by atoms with E-state index in [9.17, 15) is 4.79 Å². The van der Waals surface area contributed by atoms with Crippen molar-refractivity contribution >= 4 is 34.6 Å². The van der Waals surface area contributed by atoms with Gasteiger partial charge in [0.05, 0.1) is 23.8 Å². The van der Waals surface area contributed by atoms with E-state index in [1.54, 1.807) is 0 Å². The zero-order valence-corrected chi connectivity index (χ0v) is 13.5. The van der Waals surface area contributed by atoms with Crippen LogP contribution in [-0.2, 0) is 11.3 Å². The molecule has 0 bridgehead atoms. The molecule has 1 saturated carbocycles. The predicted octanol–water partition coefficient (Wildman–Crippen LogP) is 4.76. The average molecular weight is 325 g/mol. The molecule has 0 saturated heterocycles. The molecule has 1 heterocycles. The number of fused-ring (bicyclic) bond motifs is 2. The number of hydrogen-bond donors (Lipinski definition) is 0. The Labute approximate surface area is 140 Å². The normalized spacial score (nSPS) is 19.9. The van der Waals surface area contributed by atoms with Crippen LogP contribution in [-0.4, -0.2) is 11.6 Å². The molecule has 0 spiro atoms. The van der Waals surface area contributed by atoms with Gasteiger partial charge >= 0.3 is 0 Å². The van der Waals surface area contributed by atoms with Crippen LogP contribution in [0.1, 0.15) is 24.8 Å². The van der Waals surface area contributed by atoms with E-state index in [-0.39, 0.29) is 11.8 Å². The standard InChI is InChI=1S/C19H17ClN2O/c20-15-8-2-1-6-13(15)12-22-18-11-4-3-9-17(18)21-16-10-5-7-14(16)19(22)23/h1-4,6,8-9,11,14H,5,7,10,12H2. The van der Waals surface area contributed by atoms with Crippen molar-refractivity contribution in [2.75, 3.05) is 4.90 Å². The van der Waals surface area contributed by atoms with E-state index < -0.39 is 0 Å². The fraction of sp³-hybridized carbons (Fsp3) is 0.263. The van der Waals surface area contributed by atoms with E-state index in [1.165, 1.54) is 0 Å². The van der Waals surface area contributed by atoms with Crippen LogP contribution < -0.4 is 4.90 Å². The molecule has 1 atom stereocenters. The maximum Gasteiger partial charge on any atom is 0.236 e. The molecule has 0 aromatic heterocycles. The Kier molecular flexibility index (Phi) is 3.66. The number of anilines is 1. The van der Waals surface area contributed by atoms with Crippen LogP contribution >= 0.6 is 11.6 Å². The Balaban J connectivity index is 1.79. The summed E-state index contributed by atoms with van der Waals surface area (Å²) in [7, 11) is 0. The van der Waals surface area contributed by atoms with Crippen LogP contribution in [0.2, 0.25) is 5.02 Å². The summed E-state index contributed by atoms with van der Waals surface area (Å²) < 4.78 is 0. The second-order valence-corrected chi connectivity index (χ2v) is 6.46. The number of amides is 1. The molecule has 116 valence electrons. The van der Waals surface area contributed by atoms with Gasteiger partial charge in [0.2, 0.25) is 5.91 Å². The average Bonchev–Trinajstić information content (AvgIpc) is 2.99. The summed E-state index contributed by atoms with van der Waals surface area (Å²) in [6, 6.07) is 15.6. The number of hydrogen-bond acceptors (Lipinski definition) is 2. The molecule has 1 fully saturated rings. The fourth-order valence-electron chi connectivity index (χ4n) is 3.44. The van der Waals surface area contributed by atoms with Gasteiger partial charge < -0.3 is 4.90 Å². The van der Waals surface area contributed by atoms with Gasteiger partial charge in [0.25, 0.3) is 0 Å². The van der Waals surface area contributed by atoms with Crippen molar-refractivity contribution < 1.29 is 4.79 Å². The number of carbonyl (C=O) groups excluding carboxylic acids is 1. The molecular formula is C19H17ClN2O. The molecular weight excluding hydrogens is 308 g/mol. The Morgan fingerprint density at radius 3 is 2.78 bits per heavy atom. The minimum Gasteiger partial charge on any atom is -0.305 e. The fourth-order valence-corrected chi connectivity index (χ4v) is 3.63. The lowest BCUT2D eigenvalue weighted by Crippen LogP contribution is -2.36. The molecule has 0 radical (unpaired) electrons. The lowest BCUT2D eigenvalue weighted by atomic mass is 10.0. The number of benzene rings is 2. The molecule has 2 aromatic rings. The van der Waals surface area contributed by atoms with E-state index in [2.05, 4.69) is 0 Å². The van der Waals surface area contributed by atoms with Gasteiger partial charge in [-0.15, -0.1) is 0 Å². The maximum atomic E-state index is 13.1. The smallest absolute Gasteiger partial charge is 0.236 e. The van der Waals surface area contributed by atoms with E-state index in [1.807, 2.05) is 53.4 Å². The van der Waals surface area contributed by atoms with Crippen LogP contribution in [0, 0.1) is 5.92 Å². The van der Waals surface area contributed by atoms with Crippen LogP contribution in [0.3, 0.4) is 0 Å². The summed E-state index contributed by atoms with van der Waals surface area (Å²) in [5.74, 6) is 0.0657. The predicted molar refractivity (Wildman–Crippen MR) is 93.5 cm³/mol. The summed E-state index contributed by atoms with van der Waals surface area (Å²) >= 11 is 6.30. The molecule has 0 N–H and O–H groups in total. The highest BCUT2D eigenvalue weighted by Gasteiger charge is 2.36. The lowest BCUT2D eigenvalue weighted by Gasteiger charge is -2.25. The molecule has 2 aromatic carbocycles. The summed E-state index contributed by atoms with van der Waals surface area (Å²) in [5, 5.41) is 0.689. The molecule has 1 amide bonds. The third-order valence-corrected chi connectivity index (χ3v) is 4.98. The molecule has 4 rings (SSSR count). The van der Waals surface area contributed by atoms with Crippen molar-refractivity contribution in [3.63, 3.8) is 0 Å². The second kappa shape index (κ2) is 5.82. The Bertz CT molecular complexity index is 799. The first-order valence-electron chi connectivity index (χ1n) is 7.95. The van der Waals surface area contributed by atoms with Gasteiger partial charge in [-0.05, 0) is 43.0 Å². The van der Waals surface area contributed by atoms with Gasteiger partial charge in [-0.25, -0.2) is 0 Å². The number of aliphatic imine (C=N–C) groups is 1. The molecule has 3 nitrogen and oxygen atoms in total. The first-order valence-corrected chi connectivity index (χ1v) is 8.33. The largest absolute Gasteiger partial charge is 0.305 e. The van der Waals surface area contributed by atoms with E-state index >= 15 is 0 Å². The number of nitrogens with zero attached hydrogens (tertiary/aromatic N) is 2. The molecule has 1 unspecified atom stereocenters. The highest BCUT2D eigenvalue weighted by molar-refractivity contribution is 6.31. The lowest BCUT2D eigenvalue weighted by molar-refractivity contribution is -0.120. The first-order chi connectivity index (χ1) is 11.2. The zero-order valence-electron chi connectivity index (χ0n) is 12.7. The van der Waals surface area contributed by atoms with Crippen molar-refractivity contribution in [1.29, 1.82) is 0 Å². The minimum absolute atomic E-state index is 0.0788. The monoisotopic (exact) mass is 324 g/mol. The zero-order chi connectivity index (χ0) is 15.8. The summed E-state index contributed by atoms with van der Waals surface area (Å²) in [4.78, 5) is 19.7. The van der Waals surface area contributed by atoms with Crippen LogP contribution in [0.5, 0.6) is 0 Å². The molecule has 1 aliphatic carbocycles. The van der Waals surface area contributed by atoms with Crippen LogP contribution in [0.4, 0.5) is 11.4 Å². The van der Waals surface area contributed by atoms with E-state index in [0.29, 0.717) is 11.6 Å². The van der Waals surface area contributed by atoms with Crippen molar-refractivity contribution in [1.82, 2.24) is 0 Å². The Morgan fingerprint density at radius 1 is 1.13 bits per heavy atom. The quantitative estimate of drug-likeness (QED) is 0.784. The summed E-state index contributed by atoms with van der Waals surface area (Å²) in [6.45, 7) is 0.481. The molecule has 1 aliphatic heterocycles. The minimum atomic E-state index is -0.0788. The van der Waals surface area contributed by atoms with E-state index in [4.69, 9.17) is 16.6 Å². The number of rotatable bonds is 2. The number of carbonyl (C=O) groups is 1.